The van der Waals surface area contributed by atoms with E-state index in [1.807, 2.05) is 88.0 Å². The Balaban J connectivity index is 5.56. The molecule has 0 radical (unpaired) electrons. The summed E-state index contributed by atoms with van der Waals surface area (Å²) in [4.78, 5) is 39.8. The van der Waals surface area contributed by atoms with Crippen LogP contribution in [0.3, 0.4) is 0 Å². The zero-order valence-electron chi connectivity index (χ0n) is 46.3. The lowest BCUT2D eigenvalue weighted by Gasteiger charge is -2.30. The first kappa shape index (κ1) is 68.2. The third-order valence-corrected chi connectivity index (χ3v) is 12.5. The number of nitrogens with one attached hydrogen (secondary N) is 1. The number of hydrogen-bond donors (Lipinski definition) is 1. The molecule has 0 rings (SSSR count). The molecular weight excluding hydrogens is 916 g/mol. The molecule has 0 saturated carbocycles. The lowest BCUT2D eigenvalue weighted by molar-refractivity contribution is -0.870. The first-order chi connectivity index (χ1) is 34.9. The van der Waals surface area contributed by atoms with Crippen LogP contribution in [0.15, 0.2) is 134 Å². The van der Waals surface area contributed by atoms with Crippen LogP contribution in [0, 0.1) is 0 Å². The maximum absolute atomic E-state index is 13.5. The van der Waals surface area contributed by atoms with Crippen molar-refractivity contribution in [1.82, 2.24) is 5.32 Å². The van der Waals surface area contributed by atoms with Crippen molar-refractivity contribution in [2.24, 2.45) is 0 Å². The standard InChI is InChI=1S/C62H103N2O7P/c1-7-10-13-16-19-22-25-28-30-32-34-37-40-43-46-49-52-55-62(66)71-60(53-50-47-44-41-38-35-27-24-21-18-15-12-9-3)59(58-70-72(67,68)69-57-56-64(4,5)6)63-61(65)54-51-48-45-42-39-36-33-31-29-26-23-20-17-14-11-8-2/h10-11,13-14,16,19-20,22-23,25,28-32,34,36-37,39-40,50,53,59-60H,7-9,12,15,17-18,21,24,26-27,33,35,38,41-49,51-52,54-58H2,1-6H3,(H-,63,65,67,68)/b13-10-,14-11+,19-16+,23-20+,25-22+,30-28-,31-29+,34-32+,39-36+,40-37+,53-50+. The van der Waals surface area contributed by atoms with E-state index in [2.05, 4.69) is 86.8 Å². The highest BCUT2D eigenvalue weighted by Crippen LogP contribution is 2.38. The average Bonchev–Trinajstić information content (AvgIpc) is 3.34. The number of phosphoric ester groups is 1. The Morgan fingerprint density at radius 3 is 1.50 bits per heavy atom. The predicted molar refractivity (Wildman–Crippen MR) is 306 cm³/mol. The van der Waals surface area contributed by atoms with Gasteiger partial charge in [-0.05, 0) is 89.5 Å². The van der Waals surface area contributed by atoms with Gasteiger partial charge in [-0.3, -0.25) is 14.2 Å². The fraction of sp³-hybridized carbons (Fsp3) is 0.613. The van der Waals surface area contributed by atoms with Crippen molar-refractivity contribution in [3.8, 4) is 0 Å². The zero-order chi connectivity index (χ0) is 52.9. The summed E-state index contributed by atoms with van der Waals surface area (Å²) in [6.07, 6.45) is 71.3. The van der Waals surface area contributed by atoms with Crippen LogP contribution in [0.4, 0.5) is 0 Å². The van der Waals surface area contributed by atoms with E-state index in [-0.39, 0.29) is 25.4 Å². The Labute approximate surface area is 441 Å². The quantitative estimate of drug-likeness (QED) is 0.0161. The number of hydrogen-bond acceptors (Lipinski definition) is 7. The summed E-state index contributed by atoms with van der Waals surface area (Å²) in [5.41, 5.74) is 0. The van der Waals surface area contributed by atoms with Crippen LogP contribution in [0.2, 0.25) is 0 Å². The molecule has 0 heterocycles. The van der Waals surface area contributed by atoms with Gasteiger partial charge in [0.15, 0.2) is 0 Å². The lowest BCUT2D eigenvalue weighted by atomic mass is 10.0. The van der Waals surface area contributed by atoms with Gasteiger partial charge in [-0.1, -0.05) is 225 Å². The van der Waals surface area contributed by atoms with Gasteiger partial charge in [0.05, 0.1) is 33.8 Å². The number of carbonyl (C=O) groups is 2. The zero-order valence-corrected chi connectivity index (χ0v) is 47.2. The Hall–Kier alpha value is -3.85. The third-order valence-electron chi connectivity index (χ3n) is 11.5. The maximum Gasteiger partial charge on any atom is 0.306 e. The molecule has 0 saturated heterocycles. The molecule has 0 spiro atoms. The summed E-state index contributed by atoms with van der Waals surface area (Å²) < 4.78 is 30.2. The number of likely N-dealkylation sites (N-methyl/N-ethyl adjacent to an activating group) is 1. The van der Waals surface area contributed by atoms with E-state index >= 15 is 0 Å². The topological polar surface area (TPSA) is 114 Å². The van der Waals surface area contributed by atoms with E-state index in [0.29, 0.717) is 23.9 Å². The van der Waals surface area contributed by atoms with E-state index in [4.69, 9.17) is 13.8 Å². The molecule has 3 atom stereocenters. The van der Waals surface area contributed by atoms with Crippen LogP contribution in [0.5, 0.6) is 0 Å². The van der Waals surface area contributed by atoms with Crippen molar-refractivity contribution >= 4 is 19.7 Å². The Morgan fingerprint density at radius 1 is 0.514 bits per heavy atom. The first-order valence-corrected chi connectivity index (χ1v) is 29.5. The van der Waals surface area contributed by atoms with Crippen molar-refractivity contribution < 1.29 is 37.3 Å². The number of carbonyl (C=O) groups excluding carboxylic acids is 2. The van der Waals surface area contributed by atoms with Gasteiger partial charge < -0.3 is 28.5 Å². The van der Waals surface area contributed by atoms with Crippen LogP contribution in [-0.2, 0) is 27.9 Å². The van der Waals surface area contributed by atoms with Crippen molar-refractivity contribution in [1.29, 1.82) is 0 Å². The van der Waals surface area contributed by atoms with E-state index in [9.17, 15) is 19.0 Å². The van der Waals surface area contributed by atoms with Gasteiger partial charge in [0.25, 0.3) is 7.82 Å². The number of esters is 1. The normalized spacial score (nSPS) is 14.8. The molecule has 72 heavy (non-hydrogen) atoms. The number of rotatable bonds is 48. The molecule has 9 nitrogen and oxygen atoms in total. The number of phosphoric acid groups is 1. The summed E-state index contributed by atoms with van der Waals surface area (Å²) in [6.45, 7) is 6.49. The number of nitrogens with zero attached hydrogens (tertiary/aromatic N) is 1. The second kappa shape index (κ2) is 50.7. The van der Waals surface area contributed by atoms with Crippen LogP contribution in [0.25, 0.3) is 0 Å². The van der Waals surface area contributed by atoms with Gasteiger partial charge in [-0.2, -0.15) is 0 Å². The maximum atomic E-state index is 13.5. The van der Waals surface area contributed by atoms with Crippen molar-refractivity contribution in [2.45, 2.75) is 206 Å². The van der Waals surface area contributed by atoms with Gasteiger partial charge in [-0.25, -0.2) is 0 Å². The molecular formula is C62H103N2O7P. The molecule has 0 aliphatic rings. The molecule has 0 fully saturated rings. The SMILES string of the molecule is CC\C=C/C=C/C=C/C=C\C=C\C=C\CCCCCC(=O)OC(/C=C/CCCCCCCCCCCCC)C(COP(=O)([O-])OCC[N+](C)(C)C)NC(=O)CCCCC/C=C/C/C=C/C/C=C/C/C=C/CC. The third kappa shape index (κ3) is 51.1. The fourth-order valence-corrected chi connectivity index (χ4v) is 7.91. The highest BCUT2D eigenvalue weighted by molar-refractivity contribution is 7.45. The van der Waals surface area contributed by atoms with E-state index < -0.39 is 32.5 Å². The molecule has 0 aromatic heterocycles. The second-order valence-electron chi connectivity index (χ2n) is 19.5. The molecule has 10 heteroatoms. The minimum absolute atomic E-state index is 0.0445. The van der Waals surface area contributed by atoms with Gasteiger partial charge in [0.1, 0.15) is 19.3 Å². The molecule has 1 amide bonds. The minimum Gasteiger partial charge on any atom is -0.756 e. The van der Waals surface area contributed by atoms with Gasteiger partial charge in [0.2, 0.25) is 5.91 Å². The largest absolute Gasteiger partial charge is 0.756 e. The summed E-state index contributed by atoms with van der Waals surface area (Å²) >= 11 is 0. The molecule has 0 bridgehead atoms. The van der Waals surface area contributed by atoms with Gasteiger partial charge in [0, 0.05) is 12.8 Å². The van der Waals surface area contributed by atoms with Crippen molar-refractivity contribution in [3.05, 3.63) is 134 Å². The number of quaternary nitrogens is 1. The number of ether oxygens (including phenoxy) is 1. The summed E-state index contributed by atoms with van der Waals surface area (Å²) in [5.74, 6) is -0.642. The summed E-state index contributed by atoms with van der Waals surface area (Å²) in [5, 5.41) is 2.98. The molecule has 3 unspecified atom stereocenters. The van der Waals surface area contributed by atoms with Crippen LogP contribution in [-0.4, -0.2) is 69.4 Å². The minimum atomic E-state index is -4.72. The van der Waals surface area contributed by atoms with Gasteiger partial charge >= 0.3 is 5.97 Å². The Morgan fingerprint density at radius 2 is 0.958 bits per heavy atom. The molecule has 1 N–H and O–H groups in total. The molecule has 0 aromatic rings. The smallest absolute Gasteiger partial charge is 0.306 e. The number of unbranched alkanes of at least 4 members (excludes halogenated alkanes) is 17. The first-order valence-electron chi connectivity index (χ1n) is 28.1. The average molecular weight is 1020 g/mol. The van der Waals surface area contributed by atoms with E-state index in [1.165, 1.54) is 57.8 Å². The van der Waals surface area contributed by atoms with Crippen LogP contribution >= 0.6 is 7.82 Å². The van der Waals surface area contributed by atoms with Crippen LogP contribution < -0.4 is 10.2 Å². The predicted octanol–water partition coefficient (Wildman–Crippen LogP) is 16.3. The van der Waals surface area contributed by atoms with E-state index in [1.54, 1.807) is 6.08 Å². The lowest BCUT2D eigenvalue weighted by Crippen LogP contribution is -2.47. The highest BCUT2D eigenvalue weighted by atomic mass is 31.2. The number of amides is 1. The van der Waals surface area contributed by atoms with Gasteiger partial charge in [-0.15, -0.1) is 0 Å². The molecule has 0 aliphatic carbocycles. The van der Waals surface area contributed by atoms with Crippen molar-refractivity contribution in [2.75, 3.05) is 40.9 Å². The monoisotopic (exact) mass is 1020 g/mol. The molecule has 408 valence electrons. The Kier molecular flexibility index (Phi) is 48.0. The Bertz CT molecular complexity index is 1690. The fourth-order valence-electron chi connectivity index (χ4n) is 7.19. The molecule has 0 aliphatic heterocycles. The molecule has 0 aromatic carbocycles. The van der Waals surface area contributed by atoms with Crippen molar-refractivity contribution in [3.63, 3.8) is 0 Å². The summed E-state index contributed by atoms with van der Waals surface area (Å²) in [7, 11) is 1.11. The van der Waals surface area contributed by atoms with Crippen LogP contribution in [0.1, 0.15) is 194 Å². The summed E-state index contributed by atoms with van der Waals surface area (Å²) in [6, 6.07) is -0.933. The number of allylic oxidation sites excluding steroid dienone is 21. The highest BCUT2D eigenvalue weighted by Gasteiger charge is 2.27. The second-order valence-corrected chi connectivity index (χ2v) is 20.9. The van der Waals surface area contributed by atoms with E-state index in [0.717, 1.165) is 89.9 Å².